The van der Waals surface area contributed by atoms with Crippen LogP contribution in [-0.4, -0.2) is 27.8 Å². The number of hydrogen-bond donors (Lipinski definition) is 1. The topological polar surface area (TPSA) is 49.0 Å². The Morgan fingerprint density at radius 1 is 1.08 bits per heavy atom. The number of nitrogens with zero attached hydrogens (tertiary/aromatic N) is 2. The molecule has 4 heteroatoms. The molecule has 126 valence electrons. The second kappa shape index (κ2) is 5.56. The van der Waals surface area contributed by atoms with Crippen molar-refractivity contribution in [3.05, 3.63) is 77.2 Å². The number of H-pyrrole nitrogens is 1. The lowest BCUT2D eigenvalue weighted by molar-refractivity contribution is 0.0817. The van der Waals surface area contributed by atoms with Crippen LogP contribution in [0.3, 0.4) is 0 Å². The predicted octanol–water partition coefficient (Wildman–Crippen LogP) is 4.47. The molecule has 3 heterocycles. The first-order valence-corrected chi connectivity index (χ1v) is 8.63. The Kier molecular flexibility index (Phi) is 3.19. The lowest BCUT2D eigenvalue weighted by Crippen LogP contribution is -2.18. The van der Waals surface area contributed by atoms with Crippen LogP contribution in [0, 0.1) is 0 Å². The number of amides is 1. The molecule has 2 aromatic carbocycles. The fourth-order valence-corrected chi connectivity index (χ4v) is 3.61. The van der Waals surface area contributed by atoms with Gasteiger partial charge < -0.3 is 9.88 Å². The smallest absolute Gasteiger partial charge is 0.256 e. The molecule has 0 bridgehead atoms. The summed E-state index contributed by atoms with van der Waals surface area (Å²) in [6, 6.07) is 16.4. The van der Waals surface area contributed by atoms with Crippen LogP contribution in [-0.2, 0) is 6.54 Å². The second-order valence-corrected chi connectivity index (χ2v) is 6.69. The normalized spacial score (nSPS) is 14.0. The Morgan fingerprint density at radius 3 is 2.77 bits per heavy atom. The van der Waals surface area contributed by atoms with Gasteiger partial charge in [0.2, 0.25) is 0 Å². The average Bonchev–Trinajstić information content (AvgIpc) is 3.17. The van der Waals surface area contributed by atoms with E-state index in [9.17, 15) is 4.79 Å². The molecule has 0 saturated carbocycles. The predicted molar refractivity (Wildman–Crippen MR) is 105 cm³/mol. The van der Waals surface area contributed by atoms with Gasteiger partial charge in [-0.3, -0.25) is 4.79 Å². The fraction of sp³-hybridized carbons (Fsp3) is 0.0909. The summed E-state index contributed by atoms with van der Waals surface area (Å²) >= 11 is 0. The second-order valence-electron chi connectivity index (χ2n) is 6.69. The molecule has 1 amide bonds. The van der Waals surface area contributed by atoms with Crippen LogP contribution in [0.5, 0.6) is 0 Å². The monoisotopic (exact) mass is 339 g/mol. The van der Waals surface area contributed by atoms with Gasteiger partial charge in [0.25, 0.3) is 5.91 Å². The van der Waals surface area contributed by atoms with E-state index in [2.05, 4.69) is 35.3 Å². The molecule has 26 heavy (non-hydrogen) atoms. The number of hydrogen-bond acceptors (Lipinski definition) is 2. The Hall–Kier alpha value is -3.40. The molecule has 1 aliphatic heterocycles. The van der Waals surface area contributed by atoms with E-state index >= 15 is 0 Å². The van der Waals surface area contributed by atoms with Crippen LogP contribution in [0.1, 0.15) is 27.3 Å². The van der Waals surface area contributed by atoms with Gasteiger partial charge >= 0.3 is 0 Å². The first-order chi connectivity index (χ1) is 12.7. The van der Waals surface area contributed by atoms with E-state index in [1.54, 1.807) is 4.90 Å². The number of aromatic nitrogens is 2. The van der Waals surface area contributed by atoms with Crippen LogP contribution in [0.4, 0.5) is 0 Å². The average molecular weight is 339 g/mol. The van der Waals surface area contributed by atoms with Crippen LogP contribution in [0.25, 0.3) is 33.8 Å². The Balaban J connectivity index is 1.65. The highest BCUT2D eigenvalue weighted by Gasteiger charge is 2.30. The summed E-state index contributed by atoms with van der Waals surface area (Å²) in [6.45, 7) is 0.587. The molecule has 4 aromatic rings. The molecule has 1 N–H and O–H groups in total. The highest BCUT2D eigenvalue weighted by atomic mass is 16.2. The van der Waals surface area contributed by atoms with E-state index in [-0.39, 0.29) is 5.91 Å². The van der Waals surface area contributed by atoms with E-state index in [0.717, 1.165) is 44.2 Å². The van der Waals surface area contributed by atoms with Gasteiger partial charge in [-0.1, -0.05) is 48.5 Å². The van der Waals surface area contributed by atoms with Crippen molar-refractivity contribution < 1.29 is 4.79 Å². The number of benzene rings is 2. The van der Waals surface area contributed by atoms with Crippen molar-refractivity contribution in [2.75, 3.05) is 7.05 Å². The maximum absolute atomic E-state index is 12.4. The number of carbonyl (C=O) groups excluding carboxylic acids is 1. The summed E-state index contributed by atoms with van der Waals surface area (Å²) in [7, 11) is 1.82. The first kappa shape index (κ1) is 14.9. The lowest BCUT2D eigenvalue weighted by atomic mass is 10.1. The van der Waals surface area contributed by atoms with Crippen LogP contribution in [0.15, 0.2) is 54.7 Å². The van der Waals surface area contributed by atoms with Gasteiger partial charge in [0.15, 0.2) is 0 Å². The minimum atomic E-state index is 0.0635. The molecule has 1 aliphatic rings. The molecule has 2 aromatic heterocycles. The van der Waals surface area contributed by atoms with Crippen molar-refractivity contribution in [3.8, 4) is 0 Å². The highest BCUT2D eigenvalue weighted by Crippen LogP contribution is 2.33. The third-order valence-corrected chi connectivity index (χ3v) is 4.95. The molecule has 0 unspecified atom stereocenters. The molecular formula is C22H17N3O. The van der Waals surface area contributed by atoms with Crippen molar-refractivity contribution in [1.82, 2.24) is 14.9 Å². The van der Waals surface area contributed by atoms with Crippen molar-refractivity contribution in [2.45, 2.75) is 6.54 Å². The molecular weight excluding hydrogens is 322 g/mol. The summed E-state index contributed by atoms with van der Waals surface area (Å²) in [6.07, 6.45) is 6.13. The zero-order valence-electron chi connectivity index (χ0n) is 14.4. The highest BCUT2D eigenvalue weighted by molar-refractivity contribution is 6.16. The molecule has 0 saturated heterocycles. The van der Waals surface area contributed by atoms with E-state index in [1.165, 1.54) is 0 Å². The Bertz CT molecular complexity index is 1190. The molecule has 0 spiro atoms. The number of pyridine rings is 1. The maximum atomic E-state index is 12.4. The van der Waals surface area contributed by atoms with Gasteiger partial charge in [-0.25, -0.2) is 4.98 Å². The number of rotatable bonds is 2. The number of nitrogens with one attached hydrogen (secondary N) is 1. The molecule has 4 nitrogen and oxygen atoms in total. The summed E-state index contributed by atoms with van der Waals surface area (Å²) in [5.41, 5.74) is 4.71. The summed E-state index contributed by atoms with van der Waals surface area (Å²) < 4.78 is 0. The van der Waals surface area contributed by atoms with Crippen LogP contribution in [0.2, 0.25) is 0 Å². The number of carbonyl (C=O) groups is 1. The van der Waals surface area contributed by atoms with Gasteiger partial charge in [-0.2, -0.15) is 0 Å². The quantitative estimate of drug-likeness (QED) is 0.586. The van der Waals surface area contributed by atoms with E-state index in [0.29, 0.717) is 6.54 Å². The zero-order chi connectivity index (χ0) is 17.7. The van der Waals surface area contributed by atoms with Crippen molar-refractivity contribution in [3.63, 3.8) is 0 Å². The lowest BCUT2D eigenvalue weighted by Gasteiger charge is -2.07. The van der Waals surface area contributed by atoms with E-state index < -0.39 is 0 Å². The van der Waals surface area contributed by atoms with Gasteiger partial charge in [-0.05, 0) is 23.1 Å². The van der Waals surface area contributed by atoms with Gasteiger partial charge in [0.05, 0.1) is 23.3 Å². The zero-order valence-corrected chi connectivity index (χ0v) is 14.4. The van der Waals surface area contributed by atoms with Gasteiger partial charge in [-0.15, -0.1) is 0 Å². The fourth-order valence-electron chi connectivity index (χ4n) is 3.61. The van der Waals surface area contributed by atoms with Crippen molar-refractivity contribution >= 4 is 39.7 Å². The molecule has 0 radical (unpaired) electrons. The maximum Gasteiger partial charge on any atom is 0.256 e. The Labute approximate surface area is 150 Å². The van der Waals surface area contributed by atoms with Gasteiger partial charge in [0.1, 0.15) is 0 Å². The summed E-state index contributed by atoms with van der Waals surface area (Å²) in [5.74, 6) is 0.0635. The third kappa shape index (κ3) is 2.23. The van der Waals surface area contributed by atoms with Crippen LogP contribution < -0.4 is 0 Å². The molecule has 0 aliphatic carbocycles. The van der Waals surface area contributed by atoms with Crippen molar-refractivity contribution in [2.24, 2.45) is 0 Å². The largest absolute Gasteiger partial charge is 0.361 e. The molecule has 0 fully saturated rings. The summed E-state index contributed by atoms with van der Waals surface area (Å²) in [4.78, 5) is 22.2. The molecule has 5 rings (SSSR count). The van der Waals surface area contributed by atoms with Crippen LogP contribution >= 0.6 is 0 Å². The van der Waals surface area contributed by atoms with Gasteiger partial charge in [0, 0.05) is 29.7 Å². The minimum Gasteiger partial charge on any atom is -0.361 e. The Morgan fingerprint density at radius 2 is 1.92 bits per heavy atom. The molecule has 0 atom stereocenters. The standard InChI is InChI=1S/C22H17N3O/c1-25-13-19-20(22(25)26)17-10-8-15-12-23-16(11-18(15)21(17)24-19)9-7-14-5-3-2-4-6-14/h2-12,23H,13H2,1H3. The number of fused-ring (bicyclic) bond motifs is 5. The third-order valence-electron chi connectivity index (χ3n) is 4.95. The van der Waals surface area contributed by atoms with E-state index in [1.807, 2.05) is 43.6 Å². The first-order valence-electron chi connectivity index (χ1n) is 8.63. The number of aromatic amines is 1. The van der Waals surface area contributed by atoms with Crippen molar-refractivity contribution in [1.29, 1.82) is 0 Å². The SMILES string of the molecule is CN1Cc2nc3c(ccc4c[nH]c(C=Cc5ccccc5)cc43)c2C1=O. The van der Waals surface area contributed by atoms with E-state index in [4.69, 9.17) is 4.98 Å². The minimum absolute atomic E-state index is 0.0635. The summed E-state index contributed by atoms with van der Waals surface area (Å²) in [5, 5.41) is 3.11.